The van der Waals surface area contributed by atoms with Crippen molar-refractivity contribution >= 4 is 33.6 Å². The van der Waals surface area contributed by atoms with E-state index in [4.69, 9.17) is 0 Å². The van der Waals surface area contributed by atoms with E-state index < -0.39 is 17.9 Å². The van der Waals surface area contributed by atoms with Crippen molar-refractivity contribution in [1.29, 1.82) is 0 Å². The number of benzene rings is 1. The van der Waals surface area contributed by atoms with E-state index in [1.54, 1.807) is 6.07 Å². The SMILES string of the molecule is CC[C@H]1C(=O)NCCN1C(=O)Nc1cc(Br)ccc1F. The van der Waals surface area contributed by atoms with E-state index in [1.165, 1.54) is 17.0 Å². The number of rotatable bonds is 2. The number of carbonyl (C=O) groups is 2. The molecule has 0 saturated carbocycles. The summed E-state index contributed by atoms with van der Waals surface area (Å²) in [5.41, 5.74) is 0.0882. The smallest absolute Gasteiger partial charge is 0.322 e. The van der Waals surface area contributed by atoms with Gasteiger partial charge in [0.05, 0.1) is 5.69 Å². The summed E-state index contributed by atoms with van der Waals surface area (Å²) in [5.74, 6) is -0.695. The average molecular weight is 344 g/mol. The lowest BCUT2D eigenvalue weighted by molar-refractivity contribution is -0.127. The van der Waals surface area contributed by atoms with Crippen LogP contribution in [0.25, 0.3) is 0 Å². The highest BCUT2D eigenvalue weighted by molar-refractivity contribution is 9.10. The third kappa shape index (κ3) is 3.09. The largest absolute Gasteiger partial charge is 0.353 e. The molecule has 0 radical (unpaired) electrons. The average Bonchev–Trinajstić information content (AvgIpc) is 2.42. The number of amides is 3. The van der Waals surface area contributed by atoms with Crippen molar-refractivity contribution < 1.29 is 14.0 Å². The number of hydrogen-bond donors (Lipinski definition) is 2. The van der Waals surface area contributed by atoms with Gasteiger partial charge in [-0.25, -0.2) is 9.18 Å². The summed E-state index contributed by atoms with van der Waals surface area (Å²) in [6, 6.07) is 3.31. The van der Waals surface area contributed by atoms with Crippen molar-refractivity contribution in [3.8, 4) is 0 Å². The van der Waals surface area contributed by atoms with Crippen molar-refractivity contribution in [2.24, 2.45) is 0 Å². The Morgan fingerprint density at radius 1 is 1.60 bits per heavy atom. The minimum Gasteiger partial charge on any atom is -0.353 e. The summed E-state index contributed by atoms with van der Waals surface area (Å²) in [6.07, 6.45) is 0.514. The van der Waals surface area contributed by atoms with Crippen LogP contribution in [0.1, 0.15) is 13.3 Å². The van der Waals surface area contributed by atoms with Gasteiger partial charge in [0, 0.05) is 17.6 Å². The van der Waals surface area contributed by atoms with Gasteiger partial charge in [0.2, 0.25) is 5.91 Å². The second-order valence-corrected chi connectivity index (χ2v) is 5.38. The number of urea groups is 1. The summed E-state index contributed by atoms with van der Waals surface area (Å²) in [4.78, 5) is 25.3. The number of carbonyl (C=O) groups excluding carboxylic acids is 2. The van der Waals surface area contributed by atoms with Gasteiger partial charge in [-0.3, -0.25) is 4.79 Å². The maximum Gasteiger partial charge on any atom is 0.322 e. The van der Waals surface area contributed by atoms with Gasteiger partial charge in [-0.05, 0) is 24.6 Å². The van der Waals surface area contributed by atoms with Gasteiger partial charge in [0.15, 0.2) is 0 Å². The van der Waals surface area contributed by atoms with Gasteiger partial charge in [0.25, 0.3) is 0 Å². The zero-order valence-electron chi connectivity index (χ0n) is 11.0. The second kappa shape index (κ2) is 6.21. The molecule has 3 amide bonds. The van der Waals surface area contributed by atoms with Crippen LogP contribution in [0.3, 0.4) is 0 Å². The molecule has 1 atom stereocenters. The van der Waals surface area contributed by atoms with Crippen molar-refractivity contribution in [1.82, 2.24) is 10.2 Å². The predicted molar refractivity (Wildman–Crippen MR) is 76.9 cm³/mol. The molecule has 0 bridgehead atoms. The molecule has 2 N–H and O–H groups in total. The van der Waals surface area contributed by atoms with Crippen LogP contribution >= 0.6 is 15.9 Å². The normalized spacial score (nSPS) is 18.6. The zero-order valence-corrected chi connectivity index (χ0v) is 12.5. The van der Waals surface area contributed by atoms with Crippen molar-refractivity contribution in [3.05, 3.63) is 28.5 Å². The van der Waals surface area contributed by atoms with Gasteiger partial charge in [-0.1, -0.05) is 22.9 Å². The monoisotopic (exact) mass is 343 g/mol. The Hall–Kier alpha value is -1.63. The van der Waals surface area contributed by atoms with Crippen molar-refractivity contribution in [2.75, 3.05) is 18.4 Å². The summed E-state index contributed by atoms with van der Waals surface area (Å²) < 4.78 is 14.3. The maximum absolute atomic E-state index is 13.6. The Bertz CT molecular complexity index is 538. The number of piperazine rings is 1. The minimum atomic E-state index is -0.518. The van der Waals surface area contributed by atoms with Gasteiger partial charge >= 0.3 is 6.03 Å². The molecule has 1 aromatic rings. The second-order valence-electron chi connectivity index (χ2n) is 4.46. The zero-order chi connectivity index (χ0) is 14.7. The lowest BCUT2D eigenvalue weighted by atomic mass is 10.1. The standard InChI is InChI=1S/C13H15BrFN3O2/c1-2-11-12(19)16-5-6-18(11)13(20)17-10-7-8(14)3-4-9(10)15/h3-4,7,11H,2,5-6H2,1H3,(H,16,19)(H,17,20)/t11-/m0/s1. The van der Waals surface area contributed by atoms with Crippen LogP contribution in [0.4, 0.5) is 14.9 Å². The Kier molecular flexibility index (Phi) is 4.59. The molecule has 108 valence electrons. The Balaban J connectivity index is 2.14. The first-order valence-corrected chi connectivity index (χ1v) is 7.12. The van der Waals surface area contributed by atoms with E-state index in [2.05, 4.69) is 26.6 Å². The molecular weight excluding hydrogens is 329 g/mol. The summed E-state index contributed by atoms with van der Waals surface area (Å²) in [7, 11) is 0. The van der Waals surface area contributed by atoms with Gasteiger partial charge in [-0.15, -0.1) is 0 Å². The van der Waals surface area contributed by atoms with E-state index in [0.29, 0.717) is 24.0 Å². The molecule has 7 heteroatoms. The summed E-state index contributed by atoms with van der Waals surface area (Å²) in [5, 5.41) is 5.22. The lowest BCUT2D eigenvalue weighted by Crippen LogP contribution is -2.57. The first kappa shape index (κ1) is 14.8. The molecule has 1 aliphatic rings. The van der Waals surface area contributed by atoms with Gasteiger partial charge in [0.1, 0.15) is 11.9 Å². The van der Waals surface area contributed by atoms with Crippen LogP contribution in [0.15, 0.2) is 22.7 Å². The van der Waals surface area contributed by atoms with Crippen LogP contribution in [-0.2, 0) is 4.79 Å². The first-order chi connectivity index (χ1) is 9.52. The number of halogens is 2. The van der Waals surface area contributed by atoms with E-state index >= 15 is 0 Å². The maximum atomic E-state index is 13.6. The van der Waals surface area contributed by atoms with Crippen LogP contribution in [-0.4, -0.2) is 36.0 Å². The Morgan fingerprint density at radius 3 is 3.05 bits per heavy atom. The molecule has 0 aliphatic carbocycles. The number of anilines is 1. The van der Waals surface area contributed by atoms with E-state index in [1.807, 2.05) is 6.92 Å². The third-order valence-electron chi connectivity index (χ3n) is 3.15. The molecule has 0 unspecified atom stereocenters. The van der Waals surface area contributed by atoms with Gasteiger partial charge < -0.3 is 15.5 Å². The van der Waals surface area contributed by atoms with E-state index in [9.17, 15) is 14.0 Å². The van der Waals surface area contributed by atoms with Crippen LogP contribution in [0.2, 0.25) is 0 Å². The van der Waals surface area contributed by atoms with E-state index in [0.717, 1.165) is 0 Å². The van der Waals surface area contributed by atoms with Crippen LogP contribution in [0.5, 0.6) is 0 Å². The third-order valence-corrected chi connectivity index (χ3v) is 3.64. The molecule has 1 saturated heterocycles. The van der Waals surface area contributed by atoms with E-state index in [-0.39, 0.29) is 11.6 Å². The fourth-order valence-electron chi connectivity index (χ4n) is 2.14. The molecule has 1 aliphatic heterocycles. The van der Waals surface area contributed by atoms with Gasteiger partial charge in [-0.2, -0.15) is 0 Å². The molecule has 1 heterocycles. The highest BCUT2D eigenvalue weighted by atomic mass is 79.9. The highest BCUT2D eigenvalue weighted by Gasteiger charge is 2.31. The van der Waals surface area contributed by atoms with Crippen LogP contribution < -0.4 is 10.6 Å². The molecule has 1 aromatic carbocycles. The lowest BCUT2D eigenvalue weighted by Gasteiger charge is -2.34. The fraction of sp³-hybridized carbons (Fsp3) is 0.385. The minimum absolute atomic E-state index is 0.0882. The molecular formula is C13H15BrFN3O2. The number of hydrogen-bond acceptors (Lipinski definition) is 2. The number of nitrogens with one attached hydrogen (secondary N) is 2. The topological polar surface area (TPSA) is 61.4 Å². The van der Waals surface area contributed by atoms with Crippen LogP contribution in [0, 0.1) is 5.82 Å². The molecule has 2 rings (SSSR count). The Morgan fingerprint density at radius 2 is 2.35 bits per heavy atom. The quantitative estimate of drug-likeness (QED) is 0.865. The highest BCUT2D eigenvalue weighted by Crippen LogP contribution is 2.21. The predicted octanol–water partition coefficient (Wildman–Crippen LogP) is 2.33. The molecule has 0 spiro atoms. The molecule has 20 heavy (non-hydrogen) atoms. The summed E-state index contributed by atoms with van der Waals surface area (Å²) >= 11 is 3.22. The summed E-state index contributed by atoms with van der Waals surface area (Å²) in [6.45, 7) is 2.64. The molecule has 5 nitrogen and oxygen atoms in total. The fourth-order valence-corrected chi connectivity index (χ4v) is 2.50. The van der Waals surface area contributed by atoms with Crippen molar-refractivity contribution in [2.45, 2.75) is 19.4 Å². The Labute approximate surface area is 124 Å². The first-order valence-electron chi connectivity index (χ1n) is 6.33. The number of nitrogens with zero attached hydrogens (tertiary/aromatic N) is 1. The molecule has 0 aromatic heterocycles. The molecule has 1 fully saturated rings. The van der Waals surface area contributed by atoms with Crippen molar-refractivity contribution in [3.63, 3.8) is 0 Å².